The highest BCUT2D eigenvalue weighted by Gasteiger charge is 2.35. The average Bonchev–Trinajstić information content (AvgIpc) is 3.58. The van der Waals surface area contributed by atoms with Crippen LogP contribution in [-0.2, 0) is 62.2 Å². The zero-order valence-corrected chi connectivity index (χ0v) is 45.1. The molecule has 2 atom stereocenters. The van der Waals surface area contributed by atoms with Crippen LogP contribution < -0.4 is 16.0 Å². The van der Waals surface area contributed by atoms with Crippen LogP contribution in [0.4, 0.5) is 0 Å². The van der Waals surface area contributed by atoms with Gasteiger partial charge in [0, 0.05) is 44.6 Å². The number of nitrogens with zero attached hydrogens (tertiary/aromatic N) is 1. The van der Waals surface area contributed by atoms with Crippen LogP contribution in [0.15, 0.2) is 0 Å². The van der Waals surface area contributed by atoms with E-state index in [9.17, 15) is 43.2 Å². The van der Waals surface area contributed by atoms with E-state index in [1.54, 1.807) is 41.5 Å². The van der Waals surface area contributed by atoms with Crippen LogP contribution in [0.1, 0.15) is 242 Å². The van der Waals surface area contributed by atoms with Crippen LogP contribution in [0, 0.1) is 11.8 Å². The highest BCUT2D eigenvalue weighted by atomic mass is 16.7. The van der Waals surface area contributed by atoms with Crippen molar-refractivity contribution in [2.24, 2.45) is 11.8 Å². The van der Waals surface area contributed by atoms with Crippen LogP contribution >= 0.6 is 0 Å². The monoisotopic (exact) mass is 1000 g/mol. The van der Waals surface area contributed by atoms with Crippen molar-refractivity contribution >= 4 is 53.4 Å². The molecule has 0 aromatic rings. The molecule has 2 rings (SSSR count). The van der Waals surface area contributed by atoms with E-state index in [0.717, 1.165) is 44.9 Å². The van der Waals surface area contributed by atoms with E-state index in [-0.39, 0.29) is 61.7 Å². The third-order valence-electron chi connectivity index (χ3n) is 12.3. The number of hydrogen-bond donors (Lipinski definition) is 3. The molecule has 1 aliphatic heterocycles. The molecule has 0 bridgehead atoms. The summed E-state index contributed by atoms with van der Waals surface area (Å²) in [7, 11) is 0. The van der Waals surface area contributed by atoms with E-state index in [4.69, 9.17) is 19.0 Å². The lowest BCUT2D eigenvalue weighted by molar-refractivity contribution is -0.197. The molecule has 0 aromatic carbocycles. The fraction of sp³-hybridized carbons (Fsp3) is 0.833. The van der Waals surface area contributed by atoms with Gasteiger partial charge < -0.3 is 35.0 Å². The van der Waals surface area contributed by atoms with Crippen LogP contribution in [0.2, 0.25) is 0 Å². The Morgan fingerprint density at radius 2 is 0.901 bits per heavy atom. The fourth-order valence-corrected chi connectivity index (χ4v) is 8.54. The summed E-state index contributed by atoms with van der Waals surface area (Å²) >= 11 is 0. The van der Waals surface area contributed by atoms with E-state index in [1.807, 2.05) is 20.8 Å². The van der Waals surface area contributed by atoms with Crippen molar-refractivity contribution in [3.8, 4) is 0 Å². The summed E-state index contributed by atoms with van der Waals surface area (Å²) in [6, 6.07) is -2.46. The molecule has 3 N–H and O–H groups in total. The lowest BCUT2D eigenvalue weighted by Gasteiger charge is -2.30. The minimum absolute atomic E-state index is 0.0557. The molecule has 1 saturated heterocycles. The second kappa shape index (κ2) is 32.5. The summed E-state index contributed by atoms with van der Waals surface area (Å²) in [5.74, 6) is -4.92. The number of carbonyl (C=O) groups is 9. The van der Waals surface area contributed by atoms with Gasteiger partial charge in [-0.3, -0.25) is 28.8 Å². The van der Waals surface area contributed by atoms with E-state index >= 15 is 0 Å². The zero-order chi connectivity index (χ0) is 53.0. The SMILES string of the molecule is CC(C)(C)OC(=O)CCCCCCCCCCCCCCCCCCC(=O)NCC1CCC(C(=O)NC(CCC(=O)NC(CCC(=O)ON2C(=O)CCC2=O)C(=O)OC(C)(C)C)C(=O)OC(C)(C)C)CC1. The lowest BCUT2D eigenvalue weighted by Crippen LogP contribution is -2.48. The van der Waals surface area contributed by atoms with Gasteiger partial charge in [-0.15, -0.1) is 5.06 Å². The highest BCUT2D eigenvalue weighted by Crippen LogP contribution is 2.29. The van der Waals surface area contributed by atoms with Gasteiger partial charge in [-0.2, -0.15) is 0 Å². The molecule has 0 radical (unpaired) electrons. The predicted octanol–water partition coefficient (Wildman–Crippen LogP) is 9.09. The minimum Gasteiger partial charge on any atom is -0.460 e. The van der Waals surface area contributed by atoms with Crippen LogP contribution in [0.3, 0.4) is 0 Å². The van der Waals surface area contributed by atoms with Crippen LogP contribution in [0.5, 0.6) is 0 Å². The smallest absolute Gasteiger partial charge is 0.333 e. The summed E-state index contributed by atoms with van der Waals surface area (Å²) in [5, 5.41) is 8.85. The standard InChI is InChI=1S/C54H92N4O13/c1-52(2,3)68-47(63)27-25-23-21-19-17-15-13-11-10-12-14-16-18-20-22-24-26-43(59)55-38-39-28-30-40(31-29-39)49(65)57-42(51(67)70-54(7,8)9)32-34-44(60)56-41(50(66)69-53(4,5)6)33-37-48(64)71-58-45(61)35-36-46(58)62/h39-42H,10-38H2,1-9H3,(H,55,59)(H,56,60)(H,57,65). The molecule has 0 aromatic heterocycles. The predicted molar refractivity (Wildman–Crippen MR) is 269 cm³/mol. The van der Waals surface area contributed by atoms with Crippen molar-refractivity contribution < 1.29 is 62.2 Å². The Morgan fingerprint density at radius 1 is 0.493 bits per heavy atom. The van der Waals surface area contributed by atoms with Crippen molar-refractivity contribution in [1.29, 1.82) is 0 Å². The second-order valence-corrected chi connectivity index (χ2v) is 22.6. The number of esters is 3. The van der Waals surface area contributed by atoms with E-state index in [0.29, 0.717) is 37.3 Å². The molecule has 17 nitrogen and oxygen atoms in total. The van der Waals surface area contributed by atoms with Gasteiger partial charge in [0.15, 0.2) is 0 Å². The van der Waals surface area contributed by atoms with Crippen molar-refractivity contribution in [3.05, 3.63) is 0 Å². The third kappa shape index (κ3) is 30.2. The number of nitrogens with one attached hydrogen (secondary N) is 3. The maximum absolute atomic E-state index is 13.5. The maximum Gasteiger partial charge on any atom is 0.333 e. The summed E-state index contributed by atoms with van der Waals surface area (Å²) in [4.78, 5) is 119. The first-order valence-corrected chi connectivity index (χ1v) is 26.9. The molecule has 1 heterocycles. The third-order valence-corrected chi connectivity index (χ3v) is 12.3. The Balaban J connectivity index is 1.65. The molecule has 71 heavy (non-hydrogen) atoms. The molecule has 1 saturated carbocycles. The van der Waals surface area contributed by atoms with Gasteiger partial charge in [0.25, 0.3) is 11.8 Å². The summed E-state index contributed by atoms with van der Waals surface area (Å²) in [5.41, 5.74) is -2.20. The summed E-state index contributed by atoms with van der Waals surface area (Å²) in [6.45, 7) is 16.3. The second-order valence-electron chi connectivity index (χ2n) is 22.6. The van der Waals surface area contributed by atoms with Crippen LogP contribution in [0.25, 0.3) is 0 Å². The Kier molecular flexibility index (Phi) is 28.6. The van der Waals surface area contributed by atoms with Gasteiger partial charge in [0.05, 0.1) is 6.42 Å². The number of unbranched alkanes of at least 4 members (excludes halogenated alkanes) is 15. The number of ether oxygens (including phenoxy) is 3. The number of carbonyl (C=O) groups excluding carboxylic acids is 9. The highest BCUT2D eigenvalue weighted by molar-refractivity contribution is 6.01. The molecule has 17 heteroatoms. The number of amides is 5. The molecule has 5 amide bonds. The number of hydroxylamine groups is 2. The minimum atomic E-state index is -1.30. The lowest BCUT2D eigenvalue weighted by atomic mass is 9.81. The average molecular weight is 1010 g/mol. The molecule has 2 fully saturated rings. The Morgan fingerprint density at radius 3 is 1.35 bits per heavy atom. The molecule has 2 unspecified atom stereocenters. The first kappa shape index (κ1) is 62.5. The summed E-state index contributed by atoms with van der Waals surface area (Å²) < 4.78 is 16.4. The van der Waals surface area contributed by atoms with Gasteiger partial charge in [0.1, 0.15) is 28.9 Å². The molecular weight excluding hydrogens is 913 g/mol. The fourth-order valence-electron chi connectivity index (χ4n) is 8.54. The van der Waals surface area contributed by atoms with Crippen molar-refractivity contribution in [1.82, 2.24) is 21.0 Å². The quantitative estimate of drug-likeness (QED) is 0.0241. The summed E-state index contributed by atoms with van der Waals surface area (Å²) in [6.07, 6.45) is 21.4. The van der Waals surface area contributed by atoms with Gasteiger partial charge in [0.2, 0.25) is 17.7 Å². The normalized spacial score (nSPS) is 17.2. The first-order valence-electron chi connectivity index (χ1n) is 26.9. The van der Waals surface area contributed by atoms with Gasteiger partial charge in [-0.25, -0.2) is 14.4 Å². The molecule has 2 aliphatic rings. The van der Waals surface area contributed by atoms with E-state index < -0.39 is 70.9 Å². The maximum atomic E-state index is 13.5. The largest absolute Gasteiger partial charge is 0.460 e. The van der Waals surface area contributed by atoms with Crippen molar-refractivity contribution in [3.63, 3.8) is 0 Å². The van der Waals surface area contributed by atoms with Gasteiger partial charge in [-0.05, 0) is 120 Å². The number of imide groups is 1. The Labute approximate surface area is 424 Å². The molecule has 406 valence electrons. The van der Waals surface area contributed by atoms with Gasteiger partial charge in [-0.1, -0.05) is 89.9 Å². The number of hydrogen-bond acceptors (Lipinski definition) is 13. The molecule has 1 aliphatic carbocycles. The Hall–Kier alpha value is -4.57. The van der Waals surface area contributed by atoms with E-state index in [1.165, 1.54) is 70.6 Å². The first-order chi connectivity index (χ1) is 33.3. The molecule has 0 spiro atoms. The van der Waals surface area contributed by atoms with E-state index in [2.05, 4.69) is 16.0 Å². The zero-order valence-electron chi connectivity index (χ0n) is 45.1. The topological polar surface area (TPSA) is 230 Å². The van der Waals surface area contributed by atoms with Crippen molar-refractivity contribution in [2.45, 2.75) is 271 Å². The van der Waals surface area contributed by atoms with Gasteiger partial charge >= 0.3 is 23.9 Å². The Bertz CT molecular complexity index is 1690. The van der Waals surface area contributed by atoms with Crippen LogP contribution in [-0.4, -0.2) is 93.9 Å². The number of rotatable bonds is 33. The molecular formula is C54H92N4O13. The van der Waals surface area contributed by atoms with Crippen molar-refractivity contribution in [2.75, 3.05) is 6.54 Å².